The predicted octanol–water partition coefficient (Wildman–Crippen LogP) is 2.55. The van der Waals surface area contributed by atoms with Crippen LogP contribution in [0.15, 0.2) is 24.3 Å². The van der Waals surface area contributed by atoms with Crippen molar-refractivity contribution in [1.29, 1.82) is 0 Å². The molecule has 4 atom stereocenters. The Morgan fingerprint density at radius 3 is 2.47 bits per heavy atom. The molecule has 0 spiro atoms. The molecule has 1 aromatic carbocycles. The second kappa shape index (κ2) is 9.66. The smallest absolute Gasteiger partial charge is 0.272 e. The van der Waals surface area contributed by atoms with Crippen molar-refractivity contribution in [2.75, 3.05) is 26.2 Å². The van der Waals surface area contributed by atoms with Crippen LogP contribution < -0.4 is 10.6 Å². The van der Waals surface area contributed by atoms with Crippen LogP contribution in [-0.4, -0.2) is 81.7 Å². The number of aromatic nitrogens is 2. The zero-order valence-electron chi connectivity index (χ0n) is 20.7. The van der Waals surface area contributed by atoms with Crippen molar-refractivity contribution in [3.05, 3.63) is 30.0 Å². The number of benzene rings is 1. The molecule has 4 heterocycles. The van der Waals surface area contributed by atoms with E-state index in [1.165, 1.54) is 12.8 Å². The molecule has 2 bridgehead atoms. The highest BCUT2D eigenvalue weighted by Crippen LogP contribution is 2.36. The lowest BCUT2D eigenvalue weighted by molar-refractivity contribution is -0.119. The van der Waals surface area contributed by atoms with E-state index in [0.29, 0.717) is 23.8 Å². The molecule has 3 aliphatic rings. The van der Waals surface area contributed by atoms with Gasteiger partial charge in [-0.15, -0.1) is 0 Å². The number of rotatable bonds is 7. The van der Waals surface area contributed by atoms with Gasteiger partial charge in [0.1, 0.15) is 0 Å². The minimum absolute atomic E-state index is 0.0467. The van der Waals surface area contributed by atoms with Crippen molar-refractivity contribution < 1.29 is 9.59 Å². The molecule has 0 aliphatic carbocycles. The van der Waals surface area contributed by atoms with Gasteiger partial charge in [-0.2, -0.15) is 5.10 Å². The van der Waals surface area contributed by atoms with Crippen LogP contribution in [0.1, 0.15) is 69.4 Å². The number of para-hydroxylation sites is 1. The van der Waals surface area contributed by atoms with Gasteiger partial charge in [0.05, 0.1) is 5.52 Å². The number of hydrogen-bond donors (Lipinski definition) is 2. The first-order valence-electron chi connectivity index (χ1n) is 12.9. The summed E-state index contributed by atoms with van der Waals surface area (Å²) in [6, 6.07) is 9.81. The minimum atomic E-state index is -0.0467. The lowest BCUT2D eigenvalue weighted by atomic mass is 9.97. The van der Waals surface area contributed by atoms with Crippen LogP contribution in [-0.2, 0) is 4.79 Å². The summed E-state index contributed by atoms with van der Waals surface area (Å²) < 4.78 is 1.95. The van der Waals surface area contributed by atoms with Gasteiger partial charge in [-0.25, -0.2) is 0 Å². The average molecular weight is 467 g/mol. The third-order valence-electron chi connectivity index (χ3n) is 7.89. The molecule has 184 valence electrons. The van der Waals surface area contributed by atoms with Gasteiger partial charge in [0.15, 0.2) is 5.69 Å². The van der Waals surface area contributed by atoms with Crippen LogP contribution in [0, 0.1) is 0 Å². The Morgan fingerprint density at radius 1 is 1.03 bits per heavy atom. The predicted molar refractivity (Wildman–Crippen MR) is 133 cm³/mol. The summed E-state index contributed by atoms with van der Waals surface area (Å²) >= 11 is 0. The summed E-state index contributed by atoms with van der Waals surface area (Å²) in [4.78, 5) is 29.7. The maximum absolute atomic E-state index is 13.2. The van der Waals surface area contributed by atoms with Gasteiger partial charge in [-0.1, -0.05) is 18.2 Å². The van der Waals surface area contributed by atoms with Gasteiger partial charge in [0, 0.05) is 68.7 Å². The number of hydrogen-bond acceptors (Lipinski definition) is 5. The average Bonchev–Trinajstić information content (AvgIpc) is 3.46. The van der Waals surface area contributed by atoms with E-state index in [4.69, 9.17) is 0 Å². The first kappa shape index (κ1) is 23.3. The molecule has 8 heteroatoms. The summed E-state index contributed by atoms with van der Waals surface area (Å²) in [6.07, 6.45) is 5.51. The molecule has 3 aliphatic heterocycles. The SMILES string of the molecule is CC(=O)NC1CCN(CCN2[C@@H]3CC[C@H]2C[C@H](NC(=O)c2nn(C(C)C)c4ccccc24)C3)C1. The summed E-state index contributed by atoms with van der Waals surface area (Å²) in [5, 5.41) is 12.0. The van der Waals surface area contributed by atoms with Crippen LogP contribution in [0.2, 0.25) is 0 Å². The number of carbonyl (C=O) groups excluding carboxylic acids is 2. The van der Waals surface area contributed by atoms with Crippen molar-refractivity contribution in [3.8, 4) is 0 Å². The number of fused-ring (bicyclic) bond motifs is 3. The third-order valence-corrected chi connectivity index (χ3v) is 7.89. The lowest BCUT2D eigenvalue weighted by Crippen LogP contribution is -2.52. The molecule has 0 radical (unpaired) electrons. The van der Waals surface area contributed by atoms with E-state index in [-0.39, 0.29) is 23.9 Å². The molecule has 1 aromatic heterocycles. The first-order chi connectivity index (χ1) is 16.4. The van der Waals surface area contributed by atoms with E-state index >= 15 is 0 Å². The Hall–Kier alpha value is -2.45. The summed E-state index contributed by atoms with van der Waals surface area (Å²) in [7, 11) is 0. The van der Waals surface area contributed by atoms with Crippen molar-refractivity contribution in [1.82, 2.24) is 30.2 Å². The maximum Gasteiger partial charge on any atom is 0.272 e. The van der Waals surface area contributed by atoms with Gasteiger partial charge in [-0.05, 0) is 52.0 Å². The highest BCUT2D eigenvalue weighted by atomic mass is 16.2. The number of nitrogens with one attached hydrogen (secondary N) is 2. The fraction of sp³-hybridized carbons (Fsp3) is 0.654. The summed E-state index contributed by atoms with van der Waals surface area (Å²) in [5.41, 5.74) is 1.56. The topological polar surface area (TPSA) is 82.5 Å². The van der Waals surface area contributed by atoms with Gasteiger partial charge in [-0.3, -0.25) is 24.1 Å². The lowest BCUT2D eigenvalue weighted by Gasteiger charge is -2.39. The van der Waals surface area contributed by atoms with Crippen molar-refractivity contribution in [2.45, 2.75) is 83.1 Å². The molecule has 2 amide bonds. The number of likely N-dealkylation sites (tertiary alicyclic amines) is 1. The number of piperidine rings is 1. The van der Waals surface area contributed by atoms with Gasteiger partial charge >= 0.3 is 0 Å². The molecule has 8 nitrogen and oxygen atoms in total. The number of carbonyl (C=O) groups is 2. The van der Waals surface area contributed by atoms with E-state index in [1.807, 2.05) is 28.9 Å². The fourth-order valence-corrected chi connectivity index (χ4v) is 6.36. The Kier molecular flexibility index (Phi) is 6.62. The van der Waals surface area contributed by atoms with Crippen molar-refractivity contribution in [3.63, 3.8) is 0 Å². The molecule has 3 saturated heterocycles. The minimum Gasteiger partial charge on any atom is -0.352 e. The molecule has 2 N–H and O–H groups in total. The highest BCUT2D eigenvalue weighted by molar-refractivity contribution is 6.05. The largest absolute Gasteiger partial charge is 0.352 e. The molecule has 2 aromatic rings. The fourth-order valence-electron chi connectivity index (χ4n) is 6.36. The van der Waals surface area contributed by atoms with Crippen molar-refractivity contribution >= 4 is 22.7 Å². The zero-order valence-corrected chi connectivity index (χ0v) is 20.7. The van der Waals surface area contributed by atoms with E-state index in [9.17, 15) is 9.59 Å². The second-order valence-electron chi connectivity index (χ2n) is 10.7. The zero-order chi connectivity index (χ0) is 23.8. The van der Waals surface area contributed by atoms with Crippen LogP contribution in [0.3, 0.4) is 0 Å². The monoisotopic (exact) mass is 466 g/mol. The summed E-state index contributed by atoms with van der Waals surface area (Å²) in [5.74, 6) is 0.0208. The summed E-state index contributed by atoms with van der Waals surface area (Å²) in [6.45, 7) is 9.93. The van der Waals surface area contributed by atoms with Gasteiger partial charge in [0.25, 0.3) is 5.91 Å². The van der Waals surface area contributed by atoms with Gasteiger partial charge < -0.3 is 10.6 Å². The third kappa shape index (κ3) is 4.70. The van der Waals surface area contributed by atoms with E-state index in [1.54, 1.807) is 6.92 Å². The van der Waals surface area contributed by atoms with Crippen LogP contribution in [0.4, 0.5) is 0 Å². The van der Waals surface area contributed by atoms with E-state index < -0.39 is 0 Å². The highest BCUT2D eigenvalue weighted by Gasteiger charge is 2.41. The Bertz CT molecular complexity index is 1040. The van der Waals surface area contributed by atoms with Crippen LogP contribution in [0.5, 0.6) is 0 Å². The van der Waals surface area contributed by atoms with E-state index in [2.05, 4.69) is 39.4 Å². The second-order valence-corrected chi connectivity index (χ2v) is 10.7. The first-order valence-corrected chi connectivity index (χ1v) is 12.9. The molecule has 34 heavy (non-hydrogen) atoms. The molecule has 5 rings (SSSR count). The number of amides is 2. The Labute approximate surface area is 202 Å². The molecule has 3 fully saturated rings. The number of nitrogens with zero attached hydrogens (tertiary/aromatic N) is 4. The molecular weight excluding hydrogens is 428 g/mol. The molecular formula is C26H38N6O2. The Balaban J connectivity index is 1.17. The maximum atomic E-state index is 13.2. The Morgan fingerprint density at radius 2 is 1.76 bits per heavy atom. The van der Waals surface area contributed by atoms with Crippen LogP contribution in [0.25, 0.3) is 10.9 Å². The normalized spacial score (nSPS) is 27.5. The van der Waals surface area contributed by atoms with Crippen LogP contribution >= 0.6 is 0 Å². The van der Waals surface area contributed by atoms with E-state index in [0.717, 1.165) is 56.3 Å². The van der Waals surface area contributed by atoms with Crippen molar-refractivity contribution in [2.24, 2.45) is 0 Å². The quantitative estimate of drug-likeness (QED) is 0.655. The standard InChI is InChI=1S/C26H38N6O2/c1-17(2)32-24-7-5-4-6-23(24)25(29-32)26(34)28-20-14-21-8-9-22(15-20)31(21)13-12-30-11-10-19(16-30)27-18(3)33/h4-7,17,19-22H,8-16H2,1-3H3,(H,27,33)(H,28,34)/t19?,20-,21-,22+. The molecule has 0 saturated carbocycles. The molecule has 1 unspecified atom stereocenters. The van der Waals surface area contributed by atoms with Gasteiger partial charge in [0.2, 0.25) is 5.91 Å².